The largest absolute Gasteiger partial charge is 0.361 e. The Balaban J connectivity index is 1.79. The van der Waals surface area contributed by atoms with Crippen LogP contribution in [-0.4, -0.2) is 11.5 Å². The van der Waals surface area contributed by atoms with Crippen molar-refractivity contribution in [3.05, 3.63) is 23.8 Å². The summed E-state index contributed by atoms with van der Waals surface area (Å²) in [6, 6.07) is 6.36. The molecule has 2 unspecified atom stereocenters. The zero-order chi connectivity index (χ0) is 11.1. The normalized spacial score (nSPS) is 23.6. The number of thiazole rings is 1. The first kappa shape index (κ1) is 10.1. The van der Waals surface area contributed by atoms with Crippen LogP contribution in [0.5, 0.6) is 0 Å². The van der Waals surface area contributed by atoms with Crippen LogP contribution < -0.4 is 5.32 Å². The Morgan fingerprint density at radius 3 is 3.00 bits per heavy atom. The fraction of sp³-hybridized carbons (Fsp3) is 0.462. The van der Waals surface area contributed by atoms with Crippen LogP contribution in [0.2, 0.25) is 0 Å². The molecule has 1 heterocycles. The molecule has 2 aromatic rings. The van der Waals surface area contributed by atoms with Crippen molar-refractivity contribution in [2.24, 2.45) is 11.8 Å². The summed E-state index contributed by atoms with van der Waals surface area (Å²) < 4.78 is 1.28. The van der Waals surface area contributed by atoms with E-state index < -0.39 is 0 Å². The predicted octanol–water partition coefficient (Wildman–Crippen LogP) is 3.67. The highest BCUT2D eigenvalue weighted by Crippen LogP contribution is 2.38. The average Bonchev–Trinajstić information content (AvgIpc) is 2.79. The number of hydrogen-bond acceptors (Lipinski definition) is 3. The SMILES string of the molecule is Cc1cccc2sc(NCC3CC3C)nc12. The van der Waals surface area contributed by atoms with Crippen molar-refractivity contribution in [2.75, 3.05) is 11.9 Å². The lowest BCUT2D eigenvalue weighted by molar-refractivity contribution is 0.786. The number of aryl methyl sites for hydroxylation is 1. The van der Waals surface area contributed by atoms with Crippen LogP contribution in [-0.2, 0) is 0 Å². The van der Waals surface area contributed by atoms with Crippen molar-refractivity contribution in [2.45, 2.75) is 20.3 Å². The third-order valence-corrected chi connectivity index (χ3v) is 4.39. The molecule has 0 radical (unpaired) electrons. The Morgan fingerprint density at radius 1 is 1.50 bits per heavy atom. The lowest BCUT2D eigenvalue weighted by Crippen LogP contribution is -2.03. The van der Waals surface area contributed by atoms with Crippen LogP contribution in [0, 0.1) is 18.8 Å². The molecule has 1 N–H and O–H groups in total. The minimum absolute atomic E-state index is 0.869. The highest BCUT2D eigenvalue weighted by Gasteiger charge is 2.32. The molecule has 0 amide bonds. The number of nitrogens with one attached hydrogen (secondary N) is 1. The minimum Gasteiger partial charge on any atom is -0.361 e. The molecule has 1 aliphatic rings. The van der Waals surface area contributed by atoms with Crippen LogP contribution >= 0.6 is 11.3 Å². The van der Waals surface area contributed by atoms with Gasteiger partial charge in [0.1, 0.15) is 0 Å². The third kappa shape index (κ3) is 1.80. The van der Waals surface area contributed by atoms with Gasteiger partial charge in [-0.2, -0.15) is 0 Å². The van der Waals surface area contributed by atoms with Gasteiger partial charge in [0, 0.05) is 6.54 Å². The van der Waals surface area contributed by atoms with Crippen LogP contribution in [0.15, 0.2) is 18.2 Å². The second kappa shape index (κ2) is 3.74. The van der Waals surface area contributed by atoms with Gasteiger partial charge in [-0.15, -0.1) is 0 Å². The molecule has 2 atom stereocenters. The molecule has 0 spiro atoms. The maximum atomic E-state index is 4.64. The number of aromatic nitrogens is 1. The molecule has 84 valence electrons. The molecule has 0 saturated heterocycles. The first-order chi connectivity index (χ1) is 7.74. The van der Waals surface area contributed by atoms with E-state index in [0.717, 1.165) is 29.0 Å². The van der Waals surface area contributed by atoms with Crippen molar-refractivity contribution in [3.8, 4) is 0 Å². The number of benzene rings is 1. The summed E-state index contributed by atoms with van der Waals surface area (Å²) in [6.07, 6.45) is 1.37. The molecule has 16 heavy (non-hydrogen) atoms. The number of fused-ring (bicyclic) bond motifs is 1. The fourth-order valence-electron chi connectivity index (χ4n) is 2.06. The molecule has 1 saturated carbocycles. The van der Waals surface area contributed by atoms with Crippen molar-refractivity contribution in [1.29, 1.82) is 0 Å². The van der Waals surface area contributed by atoms with Crippen molar-refractivity contribution in [1.82, 2.24) is 4.98 Å². The molecular weight excluding hydrogens is 216 g/mol. The van der Waals surface area contributed by atoms with Gasteiger partial charge in [-0.25, -0.2) is 4.98 Å². The summed E-state index contributed by atoms with van der Waals surface area (Å²) in [7, 11) is 0. The van der Waals surface area contributed by atoms with E-state index in [1.165, 1.54) is 16.7 Å². The number of para-hydroxylation sites is 1. The molecule has 0 aliphatic heterocycles. The summed E-state index contributed by atoms with van der Waals surface area (Å²) in [5.74, 6) is 1.77. The van der Waals surface area contributed by atoms with Crippen LogP contribution in [0.4, 0.5) is 5.13 Å². The van der Waals surface area contributed by atoms with E-state index >= 15 is 0 Å². The third-order valence-electron chi connectivity index (χ3n) is 3.41. The van der Waals surface area contributed by atoms with Crippen LogP contribution in [0.1, 0.15) is 18.9 Å². The highest BCUT2D eigenvalue weighted by molar-refractivity contribution is 7.22. The molecular formula is C13H16N2S. The van der Waals surface area contributed by atoms with E-state index in [1.807, 2.05) is 0 Å². The Bertz CT molecular complexity index is 518. The van der Waals surface area contributed by atoms with Gasteiger partial charge in [0.25, 0.3) is 0 Å². The lowest BCUT2D eigenvalue weighted by Gasteiger charge is -1.99. The molecule has 1 aromatic heterocycles. The molecule has 3 rings (SSSR count). The summed E-state index contributed by atoms with van der Waals surface area (Å²) >= 11 is 1.76. The Morgan fingerprint density at radius 2 is 2.31 bits per heavy atom. The Hall–Kier alpha value is -1.09. The van der Waals surface area contributed by atoms with Gasteiger partial charge in [-0.3, -0.25) is 0 Å². The zero-order valence-corrected chi connectivity index (χ0v) is 10.5. The van der Waals surface area contributed by atoms with Gasteiger partial charge in [0.05, 0.1) is 10.2 Å². The van der Waals surface area contributed by atoms with Gasteiger partial charge in [-0.1, -0.05) is 30.4 Å². The number of anilines is 1. The van der Waals surface area contributed by atoms with E-state index in [2.05, 4.69) is 42.3 Å². The van der Waals surface area contributed by atoms with Crippen molar-refractivity contribution >= 4 is 26.7 Å². The summed E-state index contributed by atoms with van der Waals surface area (Å²) in [6.45, 7) is 5.52. The van der Waals surface area contributed by atoms with E-state index in [1.54, 1.807) is 11.3 Å². The molecule has 1 aromatic carbocycles. The minimum atomic E-state index is 0.869. The molecule has 1 aliphatic carbocycles. The molecule has 2 nitrogen and oxygen atoms in total. The predicted molar refractivity (Wildman–Crippen MR) is 70.1 cm³/mol. The first-order valence-corrected chi connectivity index (χ1v) is 6.65. The van der Waals surface area contributed by atoms with Crippen molar-refractivity contribution < 1.29 is 0 Å². The first-order valence-electron chi connectivity index (χ1n) is 5.84. The summed E-state index contributed by atoms with van der Waals surface area (Å²) in [4.78, 5) is 4.64. The highest BCUT2D eigenvalue weighted by atomic mass is 32.1. The Labute approximate surface area is 99.7 Å². The molecule has 1 fully saturated rings. The van der Waals surface area contributed by atoms with Gasteiger partial charge < -0.3 is 5.32 Å². The van der Waals surface area contributed by atoms with E-state index in [4.69, 9.17) is 0 Å². The lowest BCUT2D eigenvalue weighted by atomic mass is 10.2. The molecule has 0 bridgehead atoms. The van der Waals surface area contributed by atoms with Gasteiger partial charge in [-0.05, 0) is 36.8 Å². The fourth-order valence-corrected chi connectivity index (χ4v) is 3.01. The second-order valence-electron chi connectivity index (χ2n) is 4.79. The van der Waals surface area contributed by atoms with Crippen LogP contribution in [0.25, 0.3) is 10.2 Å². The van der Waals surface area contributed by atoms with E-state index in [9.17, 15) is 0 Å². The maximum Gasteiger partial charge on any atom is 0.183 e. The van der Waals surface area contributed by atoms with E-state index in [-0.39, 0.29) is 0 Å². The van der Waals surface area contributed by atoms with Gasteiger partial charge >= 0.3 is 0 Å². The topological polar surface area (TPSA) is 24.9 Å². The quantitative estimate of drug-likeness (QED) is 0.873. The van der Waals surface area contributed by atoms with Crippen molar-refractivity contribution in [3.63, 3.8) is 0 Å². The van der Waals surface area contributed by atoms with Crippen LogP contribution in [0.3, 0.4) is 0 Å². The second-order valence-corrected chi connectivity index (χ2v) is 5.83. The monoisotopic (exact) mass is 232 g/mol. The van der Waals surface area contributed by atoms with Gasteiger partial charge in [0.2, 0.25) is 0 Å². The number of nitrogens with zero attached hydrogens (tertiary/aromatic N) is 1. The van der Waals surface area contributed by atoms with E-state index in [0.29, 0.717) is 0 Å². The summed E-state index contributed by atoms with van der Waals surface area (Å²) in [5, 5.41) is 4.53. The number of rotatable bonds is 3. The standard InChI is InChI=1S/C13H16N2S/c1-8-4-3-5-11-12(8)15-13(16-11)14-7-10-6-9(10)2/h3-5,9-10H,6-7H2,1-2H3,(H,14,15). The zero-order valence-electron chi connectivity index (χ0n) is 9.66. The average molecular weight is 232 g/mol. The molecule has 3 heteroatoms. The Kier molecular flexibility index (Phi) is 2.36. The van der Waals surface area contributed by atoms with Gasteiger partial charge in [0.15, 0.2) is 5.13 Å². The summed E-state index contributed by atoms with van der Waals surface area (Å²) in [5.41, 5.74) is 2.42. The maximum absolute atomic E-state index is 4.64. The number of hydrogen-bond donors (Lipinski definition) is 1. The smallest absolute Gasteiger partial charge is 0.183 e.